The Morgan fingerprint density at radius 2 is 1.63 bits per heavy atom. The molecule has 0 saturated carbocycles. The number of nitrogens with zero attached hydrogens (tertiary/aromatic N) is 2. The van der Waals surface area contributed by atoms with Gasteiger partial charge < -0.3 is 24.4 Å². The van der Waals surface area contributed by atoms with E-state index in [1.54, 1.807) is 57.0 Å². The highest BCUT2D eigenvalue weighted by molar-refractivity contribution is 5.70. The van der Waals surface area contributed by atoms with Gasteiger partial charge in [-0.05, 0) is 58.7 Å². The quantitative estimate of drug-likeness (QED) is 0.778. The molecule has 0 spiro atoms. The van der Waals surface area contributed by atoms with E-state index in [-0.39, 0.29) is 12.6 Å². The third kappa shape index (κ3) is 7.09. The Bertz CT molecular complexity index is 606. The largest absolute Gasteiger partial charge is 0.444 e. The molecule has 0 aliphatic carbocycles. The van der Waals surface area contributed by atoms with Crippen LogP contribution in [0.5, 0.6) is 5.75 Å². The zero-order chi connectivity index (χ0) is 20.6. The van der Waals surface area contributed by atoms with Crippen molar-refractivity contribution in [1.29, 1.82) is 0 Å². The molecule has 1 aromatic rings. The normalized spacial score (nSPS) is 12.3. The minimum Gasteiger partial charge on any atom is -0.444 e. The molecule has 7 heteroatoms. The summed E-state index contributed by atoms with van der Waals surface area (Å²) in [6, 6.07) is 6.59. The van der Waals surface area contributed by atoms with Gasteiger partial charge in [0, 0.05) is 26.7 Å². The van der Waals surface area contributed by atoms with Gasteiger partial charge in [-0.3, -0.25) is 0 Å². The van der Waals surface area contributed by atoms with E-state index in [1.807, 2.05) is 13.8 Å². The molecule has 0 saturated heterocycles. The van der Waals surface area contributed by atoms with Crippen LogP contribution in [0.4, 0.5) is 9.59 Å². The summed E-state index contributed by atoms with van der Waals surface area (Å²) in [5, 5.41) is 9.40. The van der Waals surface area contributed by atoms with Gasteiger partial charge in [0.2, 0.25) is 0 Å². The molecule has 7 nitrogen and oxygen atoms in total. The Kier molecular flexibility index (Phi) is 8.56. The van der Waals surface area contributed by atoms with Crippen molar-refractivity contribution >= 4 is 12.2 Å². The number of aliphatic hydroxyl groups excluding tert-OH is 1. The summed E-state index contributed by atoms with van der Waals surface area (Å²) in [6.45, 7) is 10.3. The summed E-state index contributed by atoms with van der Waals surface area (Å²) in [5.74, 6) is 0.429. The zero-order valence-corrected chi connectivity index (χ0v) is 17.2. The molecule has 0 fully saturated rings. The smallest absolute Gasteiger partial charge is 0.415 e. The highest BCUT2D eigenvalue weighted by atomic mass is 16.6. The third-order valence-corrected chi connectivity index (χ3v) is 4.04. The minimum atomic E-state index is -0.600. The van der Waals surface area contributed by atoms with Crippen LogP contribution in [0.3, 0.4) is 0 Å². The Hall–Kier alpha value is -2.28. The van der Waals surface area contributed by atoms with Crippen LogP contribution in [0.15, 0.2) is 24.3 Å². The van der Waals surface area contributed by atoms with Crippen molar-refractivity contribution in [3.8, 4) is 5.75 Å². The van der Waals surface area contributed by atoms with Gasteiger partial charge in [-0.1, -0.05) is 12.1 Å². The lowest BCUT2D eigenvalue weighted by Gasteiger charge is -2.31. The molecule has 0 aliphatic rings. The van der Waals surface area contributed by atoms with Crippen LogP contribution in [-0.2, 0) is 4.74 Å². The van der Waals surface area contributed by atoms with Crippen molar-refractivity contribution in [1.82, 2.24) is 9.80 Å². The summed E-state index contributed by atoms with van der Waals surface area (Å²) >= 11 is 0. The standard InChI is InChI=1S/C20H32N2O5/c1-7-22(8-2)19(25)26-16-11-9-15(10-12-16)17(13-14-23)21(6)18(24)27-20(3,4)5/h9-12,17,23H,7-8,13-14H2,1-6H3. The first kappa shape index (κ1) is 22.8. The molecule has 0 aliphatic heterocycles. The van der Waals surface area contributed by atoms with Gasteiger partial charge in [0.15, 0.2) is 0 Å². The van der Waals surface area contributed by atoms with Crippen molar-refractivity contribution in [2.24, 2.45) is 0 Å². The van der Waals surface area contributed by atoms with Crippen molar-refractivity contribution in [2.45, 2.75) is 52.7 Å². The van der Waals surface area contributed by atoms with E-state index >= 15 is 0 Å². The average Bonchev–Trinajstić information content (AvgIpc) is 2.59. The fourth-order valence-corrected chi connectivity index (χ4v) is 2.57. The summed E-state index contributed by atoms with van der Waals surface area (Å²) < 4.78 is 10.8. The van der Waals surface area contributed by atoms with E-state index in [4.69, 9.17) is 9.47 Å². The highest BCUT2D eigenvalue weighted by Crippen LogP contribution is 2.26. The van der Waals surface area contributed by atoms with Crippen LogP contribution < -0.4 is 4.74 Å². The minimum absolute atomic E-state index is 0.0729. The fourth-order valence-electron chi connectivity index (χ4n) is 2.57. The molecular weight excluding hydrogens is 348 g/mol. The average molecular weight is 380 g/mol. The van der Waals surface area contributed by atoms with Crippen molar-refractivity contribution in [2.75, 3.05) is 26.7 Å². The molecule has 0 aromatic heterocycles. The number of carbonyl (C=O) groups is 2. The number of hydrogen-bond donors (Lipinski definition) is 1. The molecule has 0 bridgehead atoms. The third-order valence-electron chi connectivity index (χ3n) is 4.04. The number of ether oxygens (including phenoxy) is 2. The number of rotatable bonds is 7. The number of amides is 2. The Morgan fingerprint density at radius 3 is 2.07 bits per heavy atom. The van der Waals surface area contributed by atoms with E-state index in [2.05, 4.69) is 0 Å². The molecule has 152 valence electrons. The van der Waals surface area contributed by atoms with E-state index in [0.717, 1.165) is 5.56 Å². The summed E-state index contributed by atoms with van der Waals surface area (Å²) in [6.07, 6.45) is -0.488. The lowest BCUT2D eigenvalue weighted by Crippen LogP contribution is -2.37. The number of benzene rings is 1. The van der Waals surface area contributed by atoms with Crippen LogP contribution in [0.2, 0.25) is 0 Å². The Balaban J connectivity index is 2.90. The lowest BCUT2D eigenvalue weighted by atomic mass is 10.0. The van der Waals surface area contributed by atoms with E-state index in [9.17, 15) is 14.7 Å². The van der Waals surface area contributed by atoms with Crippen LogP contribution in [0, 0.1) is 0 Å². The van der Waals surface area contributed by atoms with Gasteiger partial charge in [-0.25, -0.2) is 9.59 Å². The van der Waals surface area contributed by atoms with Crippen molar-refractivity contribution in [3.05, 3.63) is 29.8 Å². The molecule has 1 rings (SSSR count). The van der Waals surface area contributed by atoms with Crippen molar-refractivity contribution < 1.29 is 24.2 Å². The Morgan fingerprint density at radius 1 is 1.07 bits per heavy atom. The van der Waals surface area contributed by atoms with Crippen LogP contribution in [-0.4, -0.2) is 59.4 Å². The van der Waals surface area contributed by atoms with Gasteiger partial charge in [-0.15, -0.1) is 0 Å². The predicted octanol–water partition coefficient (Wildman–Crippen LogP) is 3.82. The lowest BCUT2D eigenvalue weighted by molar-refractivity contribution is 0.0198. The first-order valence-corrected chi connectivity index (χ1v) is 9.26. The molecule has 1 N–H and O–H groups in total. The summed E-state index contributed by atoms with van der Waals surface area (Å²) in [7, 11) is 1.64. The molecule has 1 atom stereocenters. The van der Waals surface area contributed by atoms with Gasteiger partial charge >= 0.3 is 12.2 Å². The van der Waals surface area contributed by atoms with Crippen LogP contribution in [0.1, 0.15) is 52.6 Å². The second kappa shape index (κ2) is 10.2. The summed E-state index contributed by atoms with van der Waals surface area (Å²) in [5.41, 5.74) is 0.220. The first-order valence-electron chi connectivity index (χ1n) is 9.26. The molecule has 1 aromatic carbocycles. The maximum Gasteiger partial charge on any atom is 0.415 e. The van der Waals surface area contributed by atoms with Crippen molar-refractivity contribution in [3.63, 3.8) is 0 Å². The maximum atomic E-state index is 12.3. The topological polar surface area (TPSA) is 79.3 Å². The number of hydrogen-bond acceptors (Lipinski definition) is 5. The van der Waals surface area contributed by atoms with Gasteiger partial charge in [-0.2, -0.15) is 0 Å². The molecule has 0 heterocycles. The van der Waals surface area contributed by atoms with Crippen LogP contribution in [0.25, 0.3) is 0 Å². The second-order valence-electron chi connectivity index (χ2n) is 7.23. The second-order valence-corrected chi connectivity index (χ2v) is 7.23. The number of carbonyl (C=O) groups excluding carboxylic acids is 2. The number of aliphatic hydroxyl groups is 1. The van der Waals surface area contributed by atoms with E-state index in [0.29, 0.717) is 25.3 Å². The molecular formula is C20H32N2O5. The van der Waals surface area contributed by atoms with E-state index < -0.39 is 17.8 Å². The van der Waals surface area contributed by atoms with Gasteiger partial charge in [0.1, 0.15) is 11.4 Å². The molecule has 27 heavy (non-hydrogen) atoms. The SMILES string of the molecule is CCN(CC)C(=O)Oc1ccc(C(CCO)N(C)C(=O)OC(C)(C)C)cc1. The fraction of sp³-hybridized carbons (Fsp3) is 0.600. The van der Waals surface area contributed by atoms with E-state index in [1.165, 1.54) is 4.90 Å². The zero-order valence-electron chi connectivity index (χ0n) is 17.2. The monoisotopic (exact) mass is 380 g/mol. The first-order chi connectivity index (χ1) is 12.6. The molecule has 1 unspecified atom stereocenters. The highest BCUT2D eigenvalue weighted by Gasteiger charge is 2.26. The Labute approximate surface area is 161 Å². The predicted molar refractivity (Wildman–Crippen MR) is 104 cm³/mol. The molecule has 0 radical (unpaired) electrons. The van der Waals surface area contributed by atoms with Gasteiger partial charge in [0.25, 0.3) is 0 Å². The maximum absolute atomic E-state index is 12.3. The van der Waals surface area contributed by atoms with Crippen LogP contribution >= 0.6 is 0 Å². The molecule has 2 amide bonds. The van der Waals surface area contributed by atoms with Gasteiger partial charge in [0.05, 0.1) is 6.04 Å². The summed E-state index contributed by atoms with van der Waals surface area (Å²) in [4.78, 5) is 27.4.